The average Bonchev–Trinajstić information content (AvgIpc) is 2.80. The van der Waals surface area contributed by atoms with E-state index in [0.717, 1.165) is 25.4 Å². The van der Waals surface area contributed by atoms with E-state index in [1.165, 1.54) is 10.2 Å². The van der Waals surface area contributed by atoms with Crippen LogP contribution in [-0.2, 0) is 6.54 Å². The maximum absolute atomic E-state index is 13.4. The quantitative estimate of drug-likeness (QED) is 0.635. The second-order valence-corrected chi connectivity index (χ2v) is 8.15. The van der Waals surface area contributed by atoms with Crippen molar-refractivity contribution in [1.82, 2.24) is 19.6 Å². The van der Waals surface area contributed by atoms with Crippen LogP contribution in [0, 0.1) is 0 Å². The van der Waals surface area contributed by atoms with Gasteiger partial charge in [-0.05, 0) is 37.6 Å². The number of carbonyl (C=O) groups is 1. The second kappa shape index (κ2) is 8.89. The number of hydrogen-bond acceptors (Lipinski definition) is 5. The first-order valence-corrected chi connectivity index (χ1v) is 10.6. The van der Waals surface area contributed by atoms with Crippen LogP contribution in [0.15, 0.2) is 53.3 Å². The lowest BCUT2D eigenvalue weighted by atomic mass is 10.1. The normalized spacial score (nSPS) is 14.9. The number of nitrogens with zero attached hydrogens (tertiary/aromatic N) is 4. The molecule has 162 valence electrons. The highest BCUT2D eigenvalue weighted by atomic mass is 16.5. The predicted octanol–water partition coefficient (Wildman–Crippen LogP) is 2.94. The van der Waals surface area contributed by atoms with Crippen LogP contribution >= 0.6 is 0 Å². The first kappa shape index (κ1) is 21.1. The number of hydrogen-bond donors (Lipinski definition) is 0. The molecule has 7 heteroatoms. The molecule has 0 spiro atoms. The van der Waals surface area contributed by atoms with E-state index in [-0.39, 0.29) is 17.5 Å². The Balaban J connectivity index is 1.50. The van der Waals surface area contributed by atoms with Crippen LogP contribution < -0.4 is 10.3 Å². The summed E-state index contributed by atoms with van der Waals surface area (Å²) >= 11 is 0. The Bertz CT molecular complexity index is 1130. The molecule has 0 radical (unpaired) electrons. The van der Waals surface area contributed by atoms with Gasteiger partial charge in [-0.2, -0.15) is 5.10 Å². The van der Waals surface area contributed by atoms with Gasteiger partial charge in [0.2, 0.25) is 0 Å². The SMILES string of the molecule is COc1ccc(CN2CCN(C(=O)c3nn(C(C)C)c(=O)c4ccccc34)CC2)cc1. The predicted molar refractivity (Wildman–Crippen MR) is 121 cm³/mol. The summed E-state index contributed by atoms with van der Waals surface area (Å²) < 4.78 is 6.63. The molecule has 0 bridgehead atoms. The highest BCUT2D eigenvalue weighted by Crippen LogP contribution is 2.19. The molecule has 1 aliphatic rings. The lowest BCUT2D eigenvalue weighted by Gasteiger charge is -2.34. The summed E-state index contributed by atoms with van der Waals surface area (Å²) in [6.07, 6.45) is 0. The summed E-state index contributed by atoms with van der Waals surface area (Å²) in [5, 5.41) is 5.62. The van der Waals surface area contributed by atoms with E-state index >= 15 is 0 Å². The van der Waals surface area contributed by atoms with Crippen molar-refractivity contribution in [2.45, 2.75) is 26.4 Å². The minimum absolute atomic E-state index is 0.116. The van der Waals surface area contributed by atoms with Gasteiger partial charge in [0.25, 0.3) is 11.5 Å². The third-order valence-electron chi connectivity index (χ3n) is 5.74. The Hall–Kier alpha value is -3.19. The molecule has 0 saturated carbocycles. The fourth-order valence-electron chi connectivity index (χ4n) is 3.96. The van der Waals surface area contributed by atoms with E-state index in [0.29, 0.717) is 29.6 Å². The molecule has 1 aliphatic heterocycles. The van der Waals surface area contributed by atoms with Crippen LogP contribution in [0.3, 0.4) is 0 Å². The Kier molecular flexibility index (Phi) is 6.04. The molecule has 0 N–H and O–H groups in total. The zero-order valence-electron chi connectivity index (χ0n) is 18.2. The number of methoxy groups -OCH3 is 1. The zero-order valence-corrected chi connectivity index (χ0v) is 18.2. The molecule has 1 aromatic heterocycles. The van der Waals surface area contributed by atoms with Gasteiger partial charge >= 0.3 is 0 Å². The largest absolute Gasteiger partial charge is 0.497 e. The molecular formula is C24H28N4O3. The molecular weight excluding hydrogens is 392 g/mol. The molecule has 1 amide bonds. The van der Waals surface area contributed by atoms with E-state index < -0.39 is 0 Å². The van der Waals surface area contributed by atoms with Crippen LogP contribution in [0.25, 0.3) is 10.8 Å². The van der Waals surface area contributed by atoms with Crippen molar-refractivity contribution in [3.63, 3.8) is 0 Å². The summed E-state index contributed by atoms with van der Waals surface area (Å²) in [7, 11) is 1.66. The topological polar surface area (TPSA) is 67.7 Å². The average molecular weight is 421 g/mol. The van der Waals surface area contributed by atoms with Crippen molar-refractivity contribution >= 4 is 16.7 Å². The van der Waals surface area contributed by atoms with Gasteiger partial charge in [-0.3, -0.25) is 14.5 Å². The smallest absolute Gasteiger partial charge is 0.275 e. The van der Waals surface area contributed by atoms with E-state index in [1.54, 1.807) is 13.2 Å². The molecule has 2 heterocycles. The highest BCUT2D eigenvalue weighted by Gasteiger charge is 2.26. The van der Waals surface area contributed by atoms with Crippen LogP contribution in [0.2, 0.25) is 0 Å². The monoisotopic (exact) mass is 420 g/mol. The fourth-order valence-corrected chi connectivity index (χ4v) is 3.96. The van der Waals surface area contributed by atoms with E-state index in [4.69, 9.17) is 4.74 Å². The third kappa shape index (κ3) is 4.32. The summed E-state index contributed by atoms with van der Waals surface area (Å²) in [6.45, 7) is 7.48. The van der Waals surface area contributed by atoms with Gasteiger partial charge < -0.3 is 9.64 Å². The molecule has 0 unspecified atom stereocenters. The van der Waals surface area contributed by atoms with E-state index in [9.17, 15) is 9.59 Å². The molecule has 0 atom stereocenters. The Labute approximate surface area is 181 Å². The van der Waals surface area contributed by atoms with Gasteiger partial charge in [-0.15, -0.1) is 0 Å². The highest BCUT2D eigenvalue weighted by molar-refractivity contribution is 6.04. The van der Waals surface area contributed by atoms with E-state index in [2.05, 4.69) is 22.1 Å². The first-order valence-electron chi connectivity index (χ1n) is 10.6. The molecule has 4 rings (SSSR count). The van der Waals surface area contributed by atoms with Crippen molar-refractivity contribution in [3.8, 4) is 5.75 Å². The number of aromatic nitrogens is 2. The van der Waals surface area contributed by atoms with Crippen LogP contribution in [-0.4, -0.2) is 58.8 Å². The van der Waals surface area contributed by atoms with Gasteiger partial charge in [0.1, 0.15) is 5.75 Å². The van der Waals surface area contributed by atoms with Crippen molar-refractivity contribution in [1.29, 1.82) is 0 Å². The molecule has 1 saturated heterocycles. The number of carbonyl (C=O) groups excluding carboxylic acids is 1. The minimum atomic E-state index is -0.161. The maximum Gasteiger partial charge on any atom is 0.275 e. The molecule has 1 fully saturated rings. The van der Waals surface area contributed by atoms with Crippen LogP contribution in [0.4, 0.5) is 0 Å². The van der Waals surface area contributed by atoms with Crippen molar-refractivity contribution < 1.29 is 9.53 Å². The number of fused-ring (bicyclic) bond motifs is 1. The Morgan fingerprint density at radius 3 is 2.26 bits per heavy atom. The number of ether oxygens (including phenoxy) is 1. The summed E-state index contributed by atoms with van der Waals surface area (Å²) in [6, 6.07) is 15.2. The summed E-state index contributed by atoms with van der Waals surface area (Å²) in [5.41, 5.74) is 1.41. The summed E-state index contributed by atoms with van der Waals surface area (Å²) in [4.78, 5) is 30.3. The van der Waals surface area contributed by atoms with Gasteiger partial charge in [0.05, 0.1) is 18.5 Å². The van der Waals surface area contributed by atoms with Gasteiger partial charge in [0, 0.05) is 38.1 Å². The van der Waals surface area contributed by atoms with Crippen LogP contribution in [0.5, 0.6) is 5.75 Å². The van der Waals surface area contributed by atoms with Gasteiger partial charge in [-0.25, -0.2) is 4.68 Å². The standard InChI is InChI=1S/C24H28N4O3/c1-17(2)28-23(29)21-7-5-4-6-20(21)22(25-28)24(30)27-14-12-26(13-15-27)16-18-8-10-19(31-3)11-9-18/h4-11,17H,12-16H2,1-3H3. The lowest BCUT2D eigenvalue weighted by Crippen LogP contribution is -2.48. The Morgan fingerprint density at radius 2 is 1.65 bits per heavy atom. The summed E-state index contributed by atoms with van der Waals surface area (Å²) in [5.74, 6) is 0.733. The molecule has 2 aromatic carbocycles. The molecule has 31 heavy (non-hydrogen) atoms. The fraction of sp³-hybridized carbons (Fsp3) is 0.375. The van der Waals surface area contributed by atoms with Crippen molar-refractivity contribution in [2.75, 3.05) is 33.3 Å². The lowest BCUT2D eigenvalue weighted by molar-refractivity contribution is 0.0622. The first-order chi connectivity index (χ1) is 15.0. The molecule has 3 aromatic rings. The van der Waals surface area contributed by atoms with E-state index in [1.807, 2.05) is 49.1 Å². The number of benzene rings is 2. The minimum Gasteiger partial charge on any atom is -0.497 e. The number of piperazine rings is 1. The van der Waals surface area contributed by atoms with Crippen molar-refractivity contribution in [2.24, 2.45) is 0 Å². The second-order valence-electron chi connectivity index (χ2n) is 8.15. The van der Waals surface area contributed by atoms with Gasteiger partial charge in [-0.1, -0.05) is 30.3 Å². The third-order valence-corrected chi connectivity index (χ3v) is 5.74. The van der Waals surface area contributed by atoms with Crippen LogP contribution in [0.1, 0.15) is 35.9 Å². The number of amides is 1. The van der Waals surface area contributed by atoms with Gasteiger partial charge in [0.15, 0.2) is 5.69 Å². The maximum atomic E-state index is 13.4. The molecule has 0 aliphatic carbocycles. The number of rotatable bonds is 5. The molecule has 7 nitrogen and oxygen atoms in total. The van der Waals surface area contributed by atoms with Crippen molar-refractivity contribution in [3.05, 3.63) is 70.1 Å². The Morgan fingerprint density at radius 1 is 1.00 bits per heavy atom. The zero-order chi connectivity index (χ0) is 22.0.